The minimum absolute atomic E-state index is 0.223. The summed E-state index contributed by atoms with van der Waals surface area (Å²) in [4.78, 5) is 10.8. The molecule has 17 heavy (non-hydrogen) atoms. The molecule has 5 nitrogen and oxygen atoms in total. The van der Waals surface area contributed by atoms with Crippen LogP contribution in [0.2, 0.25) is 0 Å². The van der Waals surface area contributed by atoms with Gasteiger partial charge in [0, 0.05) is 13.3 Å². The third-order valence-corrected chi connectivity index (χ3v) is 2.80. The molecule has 0 N–H and O–H groups in total. The summed E-state index contributed by atoms with van der Waals surface area (Å²) in [5.74, 6) is -1.19. The Morgan fingerprint density at radius 1 is 1.53 bits per heavy atom. The van der Waals surface area contributed by atoms with Crippen LogP contribution in [0.25, 0.3) is 0 Å². The Labute approximate surface area is 99.2 Å². The Hall–Kier alpha value is -0.720. The molecule has 2 aliphatic heterocycles. The van der Waals surface area contributed by atoms with Crippen LogP contribution in [0.15, 0.2) is 0 Å². The molecule has 2 saturated heterocycles. The van der Waals surface area contributed by atoms with Crippen molar-refractivity contribution in [2.75, 3.05) is 6.67 Å². The molecule has 6 heteroatoms. The number of ether oxygens (including phenoxy) is 4. The van der Waals surface area contributed by atoms with E-state index in [0.717, 1.165) is 0 Å². The summed E-state index contributed by atoms with van der Waals surface area (Å²) in [6.45, 7) is 4.06. The summed E-state index contributed by atoms with van der Waals surface area (Å²) < 4.78 is 34.2. The summed E-state index contributed by atoms with van der Waals surface area (Å²) in [5.41, 5.74) is 0. The van der Waals surface area contributed by atoms with E-state index in [-0.39, 0.29) is 6.10 Å². The lowest BCUT2D eigenvalue weighted by molar-refractivity contribution is -0.218. The third-order valence-electron chi connectivity index (χ3n) is 2.80. The molecule has 0 unspecified atom stereocenters. The van der Waals surface area contributed by atoms with E-state index in [9.17, 15) is 9.18 Å². The lowest BCUT2D eigenvalue weighted by Crippen LogP contribution is -2.35. The first kappa shape index (κ1) is 12.7. The molecule has 0 radical (unpaired) electrons. The number of carbonyl (C=O) groups excluding carboxylic acids is 1. The standard InChI is InChI=1S/C11H17FO5/c1-6(13)14-9(5-12)7-4-8-10(15-7)17-11(2,3)16-8/h7-10H,4-5H2,1-3H3/t7-,8-,9+,10-/m0/s1. The van der Waals surface area contributed by atoms with Gasteiger partial charge in [0.15, 0.2) is 18.2 Å². The summed E-state index contributed by atoms with van der Waals surface area (Å²) in [6, 6.07) is 0. The van der Waals surface area contributed by atoms with Crippen LogP contribution in [0.3, 0.4) is 0 Å². The number of hydrogen-bond donors (Lipinski definition) is 0. The van der Waals surface area contributed by atoms with E-state index in [0.29, 0.717) is 6.42 Å². The van der Waals surface area contributed by atoms with Gasteiger partial charge in [-0.25, -0.2) is 4.39 Å². The second kappa shape index (κ2) is 4.51. The molecule has 0 aliphatic carbocycles. The molecule has 0 aromatic carbocycles. The number of alkyl halides is 1. The van der Waals surface area contributed by atoms with Crippen molar-refractivity contribution in [2.24, 2.45) is 0 Å². The molecule has 98 valence electrons. The van der Waals surface area contributed by atoms with E-state index in [1.54, 1.807) is 13.8 Å². The first-order valence-electron chi connectivity index (χ1n) is 5.65. The molecule has 0 spiro atoms. The third kappa shape index (κ3) is 2.75. The van der Waals surface area contributed by atoms with Crippen molar-refractivity contribution in [2.45, 2.75) is 57.6 Å². The van der Waals surface area contributed by atoms with Crippen LogP contribution >= 0.6 is 0 Å². The fraction of sp³-hybridized carbons (Fsp3) is 0.909. The lowest BCUT2D eigenvalue weighted by Gasteiger charge is -2.24. The van der Waals surface area contributed by atoms with Crippen molar-refractivity contribution in [3.8, 4) is 0 Å². The fourth-order valence-electron chi connectivity index (χ4n) is 2.19. The molecule has 0 saturated carbocycles. The van der Waals surface area contributed by atoms with Crippen molar-refractivity contribution in [3.05, 3.63) is 0 Å². The average Bonchev–Trinajstić information content (AvgIpc) is 2.66. The molecule has 2 aliphatic rings. The predicted molar refractivity (Wildman–Crippen MR) is 54.8 cm³/mol. The van der Waals surface area contributed by atoms with Crippen LogP contribution in [0.4, 0.5) is 4.39 Å². The van der Waals surface area contributed by atoms with Crippen LogP contribution in [-0.2, 0) is 23.7 Å². The van der Waals surface area contributed by atoms with E-state index in [1.807, 2.05) is 0 Å². The topological polar surface area (TPSA) is 54.0 Å². The summed E-state index contributed by atoms with van der Waals surface area (Å²) in [5, 5.41) is 0. The molecule has 0 amide bonds. The largest absolute Gasteiger partial charge is 0.457 e. The quantitative estimate of drug-likeness (QED) is 0.701. The maximum atomic E-state index is 12.8. The highest BCUT2D eigenvalue weighted by atomic mass is 19.1. The summed E-state index contributed by atoms with van der Waals surface area (Å²) in [7, 11) is 0. The molecular weight excluding hydrogens is 231 g/mol. The highest BCUT2D eigenvalue weighted by Crippen LogP contribution is 2.38. The number of carbonyl (C=O) groups is 1. The first-order valence-corrected chi connectivity index (χ1v) is 5.65. The Morgan fingerprint density at radius 3 is 2.76 bits per heavy atom. The Balaban J connectivity index is 1.93. The van der Waals surface area contributed by atoms with Gasteiger partial charge in [-0.15, -0.1) is 0 Å². The number of rotatable bonds is 3. The maximum Gasteiger partial charge on any atom is 0.303 e. The van der Waals surface area contributed by atoms with Gasteiger partial charge in [0.1, 0.15) is 18.9 Å². The lowest BCUT2D eigenvalue weighted by atomic mass is 10.1. The second-order valence-electron chi connectivity index (χ2n) is 4.75. The predicted octanol–water partition coefficient (Wildman–Crippen LogP) is 1.15. The van der Waals surface area contributed by atoms with Crippen LogP contribution in [-0.4, -0.2) is 43.0 Å². The molecule has 0 aromatic rings. The van der Waals surface area contributed by atoms with E-state index in [4.69, 9.17) is 18.9 Å². The van der Waals surface area contributed by atoms with Gasteiger partial charge in [0.05, 0.1) is 0 Å². The van der Waals surface area contributed by atoms with Crippen molar-refractivity contribution in [1.29, 1.82) is 0 Å². The van der Waals surface area contributed by atoms with Crippen LogP contribution in [0, 0.1) is 0 Å². The van der Waals surface area contributed by atoms with Gasteiger partial charge < -0.3 is 18.9 Å². The minimum atomic E-state index is -0.881. The van der Waals surface area contributed by atoms with Crippen LogP contribution in [0.1, 0.15) is 27.2 Å². The van der Waals surface area contributed by atoms with E-state index in [2.05, 4.69) is 0 Å². The van der Waals surface area contributed by atoms with Crippen molar-refractivity contribution >= 4 is 5.97 Å². The Bertz CT molecular complexity index is 290. The van der Waals surface area contributed by atoms with Gasteiger partial charge in [-0.2, -0.15) is 0 Å². The Kier molecular flexibility index (Phi) is 3.38. The molecule has 0 bridgehead atoms. The highest BCUT2D eigenvalue weighted by Gasteiger charge is 2.50. The molecule has 2 heterocycles. The first-order chi connectivity index (χ1) is 7.91. The maximum absolute atomic E-state index is 12.8. The zero-order valence-electron chi connectivity index (χ0n) is 10.1. The highest BCUT2D eigenvalue weighted by molar-refractivity contribution is 5.66. The van der Waals surface area contributed by atoms with Gasteiger partial charge >= 0.3 is 5.97 Å². The zero-order valence-corrected chi connectivity index (χ0v) is 10.1. The molecule has 2 rings (SSSR count). The summed E-state index contributed by atoms with van der Waals surface area (Å²) in [6.07, 6.45) is -1.64. The smallest absolute Gasteiger partial charge is 0.303 e. The Morgan fingerprint density at radius 2 is 2.24 bits per heavy atom. The summed E-state index contributed by atoms with van der Waals surface area (Å²) >= 11 is 0. The zero-order chi connectivity index (χ0) is 12.6. The molecule has 4 atom stereocenters. The number of hydrogen-bond acceptors (Lipinski definition) is 5. The van der Waals surface area contributed by atoms with Gasteiger partial charge in [0.2, 0.25) is 0 Å². The van der Waals surface area contributed by atoms with Crippen molar-refractivity contribution in [1.82, 2.24) is 0 Å². The van der Waals surface area contributed by atoms with E-state index >= 15 is 0 Å². The number of halogens is 1. The monoisotopic (exact) mass is 248 g/mol. The van der Waals surface area contributed by atoms with Gasteiger partial charge in [-0.3, -0.25) is 4.79 Å². The molecule has 2 fully saturated rings. The van der Waals surface area contributed by atoms with Gasteiger partial charge in [0.25, 0.3) is 0 Å². The fourth-order valence-corrected chi connectivity index (χ4v) is 2.19. The van der Waals surface area contributed by atoms with Crippen molar-refractivity contribution < 1.29 is 28.1 Å². The average molecular weight is 248 g/mol. The van der Waals surface area contributed by atoms with E-state index < -0.39 is 36.9 Å². The van der Waals surface area contributed by atoms with Gasteiger partial charge in [-0.05, 0) is 13.8 Å². The molecular formula is C11H17FO5. The number of esters is 1. The second-order valence-corrected chi connectivity index (χ2v) is 4.75. The normalized spacial score (nSPS) is 36.6. The number of fused-ring (bicyclic) bond motifs is 1. The van der Waals surface area contributed by atoms with Crippen LogP contribution < -0.4 is 0 Å². The van der Waals surface area contributed by atoms with Crippen LogP contribution in [0.5, 0.6) is 0 Å². The molecule has 0 aromatic heterocycles. The minimum Gasteiger partial charge on any atom is -0.457 e. The SMILES string of the molecule is CC(=O)O[C@H](CF)[C@@H]1C[C@@H]2OC(C)(C)O[C@@H]2O1. The van der Waals surface area contributed by atoms with E-state index in [1.165, 1.54) is 6.92 Å². The van der Waals surface area contributed by atoms with Gasteiger partial charge in [-0.1, -0.05) is 0 Å². The van der Waals surface area contributed by atoms with Crippen molar-refractivity contribution in [3.63, 3.8) is 0 Å².